The number of carbonyl (C=O) groups is 1. The lowest BCUT2D eigenvalue weighted by Crippen LogP contribution is -2.21. The molecule has 1 amide bonds. The number of hydrogen-bond acceptors (Lipinski definition) is 5. The summed E-state index contributed by atoms with van der Waals surface area (Å²) >= 11 is 1.47. The van der Waals surface area contributed by atoms with Crippen LogP contribution >= 0.6 is 11.3 Å². The Labute approximate surface area is 123 Å². The van der Waals surface area contributed by atoms with Crippen LogP contribution in [0.3, 0.4) is 0 Å². The van der Waals surface area contributed by atoms with Crippen LogP contribution in [-0.4, -0.2) is 25.7 Å². The molecule has 0 saturated carbocycles. The number of aryl methyl sites for hydroxylation is 1. The van der Waals surface area contributed by atoms with Crippen molar-refractivity contribution in [1.82, 2.24) is 19.8 Å². The predicted octanol–water partition coefficient (Wildman–Crippen LogP) is 1.28. The third-order valence-electron chi connectivity index (χ3n) is 2.87. The number of nitrogens with one attached hydrogen (secondary N) is 1. The molecule has 0 spiro atoms. The molecule has 0 aliphatic rings. The van der Waals surface area contributed by atoms with Crippen molar-refractivity contribution in [3.8, 4) is 5.69 Å². The maximum Gasteiger partial charge on any atom is 0.368 e. The number of carbonyl (C=O) groups excluding carboxylic acids is 1. The Morgan fingerprint density at radius 3 is 2.52 bits per heavy atom. The van der Waals surface area contributed by atoms with Gasteiger partial charge < -0.3 is 5.32 Å². The first-order chi connectivity index (χ1) is 10.1. The van der Waals surface area contributed by atoms with Gasteiger partial charge in [0, 0.05) is 18.1 Å². The highest BCUT2D eigenvalue weighted by molar-refractivity contribution is 7.08. The fraction of sp³-hybridized carbons (Fsp3) is 0.0769. The topological polar surface area (TPSA) is 81.8 Å². The summed E-state index contributed by atoms with van der Waals surface area (Å²) in [5.41, 5.74) is 1.52. The summed E-state index contributed by atoms with van der Waals surface area (Å²) < 4.78 is 2.33. The van der Waals surface area contributed by atoms with Crippen molar-refractivity contribution in [3.05, 3.63) is 57.1 Å². The minimum Gasteiger partial charge on any atom is -0.322 e. The number of aromatic nitrogens is 4. The van der Waals surface area contributed by atoms with E-state index in [0.717, 1.165) is 4.68 Å². The normalized spacial score (nSPS) is 10.5. The first-order valence-corrected chi connectivity index (χ1v) is 7.02. The molecule has 7 nitrogen and oxygen atoms in total. The van der Waals surface area contributed by atoms with Gasteiger partial charge in [-0.25, -0.2) is 4.79 Å². The first-order valence-electron chi connectivity index (χ1n) is 6.08. The smallest absolute Gasteiger partial charge is 0.322 e. The first kappa shape index (κ1) is 13.3. The summed E-state index contributed by atoms with van der Waals surface area (Å²) in [5.74, 6) is -0.166. The summed E-state index contributed by atoms with van der Waals surface area (Å²) in [7, 11) is 1.53. The molecule has 0 atom stereocenters. The molecule has 0 aliphatic heterocycles. The van der Waals surface area contributed by atoms with Gasteiger partial charge in [0.15, 0.2) is 0 Å². The van der Waals surface area contributed by atoms with E-state index in [4.69, 9.17) is 0 Å². The monoisotopic (exact) mass is 301 g/mol. The number of rotatable bonds is 3. The molecule has 21 heavy (non-hydrogen) atoms. The van der Waals surface area contributed by atoms with E-state index < -0.39 is 0 Å². The lowest BCUT2D eigenvalue weighted by Gasteiger charge is -2.04. The van der Waals surface area contributed by atoms with Gasteiger partial charge in [-0.3, -0.25) is 4.79 Å². The Hall–Kier alpha value is -2.74. The predicted molar refractivity (Wildman–Crippen MR) is 78.9 cm³/mol. The number of nitrogens with zero attached hydrogens (tertiary/aromatic N) is 4. The van der Waals surface area contributed by atoms with Crippen LogP contribution in [0.25, 0.3) is 5.69 Å². The zero-order valence-corrected chi connectivity index (χ0v) is 11.9. The average Bonchev–Trinajstić information content (AvgIpc) is 3.12. The Morgan fingerprint density at radius 1 is 1.19 bits per heavy atom. The van der Waals surface area contributed by atoms with Crippen LogP contribution in [0.15, 0.2) is 45.9 Å². The lowest BCUT2D eigenvalue weighted by atomic mass is 10.2. The van der Waals surface area contributed by atoms with Gasteiger partial charge in [-0.2, -0.15) is 20.7 Å². The van der Waals surface area contributed by atoms with Crippen LogP contribution in [0.2, 0.25) is 0 Å². The zero-order valence-electron chi connectivity index (χ0n) is 11.1. The quantitative estimate of drug-likeness (QED) is 0.790. The van der Waals surface area contributed by atoms with E-state index in [9.17, 15) is 9.59 Å². The van der Waals surface area contributed by atoms with Crippen LogP contribution in [0.4, 0.5) is 5.69 Å². The van der Waals surface area contributed by atoms with Gasteiger partial charge in [0.25, 0.3) is 5.91 Å². The van der Waals surface area contributed by atoms with E-state index >= 15 is 0 Å². The van der Waals surface area contributed by atoms with Crippen molar-refractivity contribution in [3.63, 3.8) is 0 Å². The molecular weight excluding hydrogens is 290 g/mol. The standard InChI is InChI=1S/C13H11N5O2S/c1-17-13(20)18(16-15-17)11-4-2-10(3-5-11)14-12(19)9-6-7-21-8-9/h2-8H,1H3,(H,14,19). The number of benzene rings is 1. The highest BCUT2D eigenvalue weighted by atomic mass is 32.1. The minimum atomic E-state index is -0.329. The zero-order chi connectivity index (χ0) is 14.8. The molecule has 3 rings (SSSR count). The van der Waals surface area contributed by atoms with Crippen LogP contribution < -0.4 is 11.0 Å². The summed E-state index contributed by atoms with van der Waals surface area (Å²) in [6, 6.07) is 8.56. The summed E-state index contributed by atoms with van der Waals surface area (Å²) in [5, 5.41) is 13.8. The maximum atomic E-state index is 11.9. The number of tetrazole rings is 1. The molecule has 0 bridgehead atoms. The van der Waals surface area contributed by atoms with Gasteiger partial charge in [0.1, 0.15) is 0 Å². The van der Waals surface area contributed by atoms with Gasteiger partial charge >= 0.3 is 5.69 Å². The second-order valence-electron chi connectivity index (χ2n) is 4.31. The molecule has 0 aliphatic carbocycles. The van der Waals surface area contributed by atoms with Crippen LogP contribution in [0.1, 0.15) is 10.4 Å². The van der Waals surface area contributed by atoms with Gasteiger partial charge in [0.2, 0.25) is 0 Å². The third-order valence-corrected chi connectivity index (χ3v) is 3.56. The number of anilines is 1. The molecule has 8 heteroatoms. The Bertz CT molecular complexity index is 817. The average molecular weight is 301 g/mol. The minimum absolute atomic E-state index is 0.166. The van der Waals surface area contributed by atoms with Gasteiger partial charge in [-0.1, -0.05) is 0 Å². The van der Waals surface area contributed by atoms with Crippen LogP contribution in [0.5, 0.6) is 0 Å². The molecule has 0 unspecified atom stereocenters. The van der Waals surface area contributed by atoms with Gasteiger partial charge in [0.05, 0.1) is 11.3 Å². The molecule has 3 aromatic rings. The van der Waals surface area contributed by atoms with E-state index in [0.29, 0.717) is 16.9 Å². The molecule has 0 fully saturated rings. The molecule has 1 aromatic carbocycles. The number of thiophene rings is 1. The molecule has 0 saturated heterocycles. The van der Waals surface area contributed by atoms with Crippen molar-refractivity contribution < 1.29 is 4.79 Å². The summed E-state index contributed by atoms with van der Waals surface area (Å²) in [4.78, 5) is 23.6. The molecule has 2 aromatic heterocycles. The Kier molecular flexibility index (Phi) is 3.36. The Morgan fingerprint density at radius 2 is 1.95 bits per heavy atom. The van der Waals surface area contributed by atoms with Crippen molar-refractivity contribution in [2.45, 2.75) is 0 Å². The maximum absolute atomic E-state index is 11.9. The molecule has 1 N–H and O–H groups in total. The largest absolute Gasteiger partial charge is 0.368 e. The van der Waals surface area contributed by atoms with Crippen LogP contribution in [-0.2, 0) is 7.05 Å². The van der Waals surface area contributed by atoms with E-state index in [1.165, 1.54) is 23.1 Å². The fourth-order valence-corrected chi connectivity index (χ4v) is 2.39. The highest BCUT2D eigenvalue weighted by Gasteiger charge is 2.08. The van der Waals surface area contributed by atoms with Crippen LogP contribution in [0, 0.1) is 0 Å². The van der Waals surface area contributed by atoms with Gasteiger partial charge in [-0.05, 0) is 46.1 Å². The fourth-order valence-electron chi connectivity index (χ4n) is 1.76. The number of amides is 1. The van der Waals surface area contributed by atoms with Crippen molar-refractivity contribution >= 4 is 22.9 Å². The van der Waals surface area contributed by atoms with E-state index in [-0.39, 0.29) is 11.6 Å². The molecular formula is C13H11N5O2S. The SMILES string of the molecule is Cn1nnn(-c2ccc(NC(=O)c3ccsc3)cc2)c1=O. The van der Waals surface area contributed by atoms with E-state index in [1.807, 2.05) is 5.38 Å². The van der Waals surface area contributed by atoms with E-state index in [1.54, 1.807) is 35.7 Å². The summed E-state index contributed by atoms with van der Waals surface area (Å²) in [6.45, 7) is 0. The van der Waals surface area contributed by atoms with E-state index in [2.05, 4.69) is 15.7 Å². The lowest BCUT2D eigenvalue weighted by molar-refractivity contribution is 0.102. The van der Waals surface area contributed by atoms with Gasteiger partial charge in [-0.15, -0.1) is 0 Å². The molecule has 0 radical (unpaired) electrons. The molecule has 106 valence electrons. The summed E-state index contributed by atoms with van der Waals surface area (Å²) in [6.07, 6.45) is 0. The number of hydrogen-bond donors (Lipinski definition) is 1. The second kappa shape index (κ2) is 5.33. The Balaban J connectivity index is 1.80. The van der Waals surface area contributed by atoms with Crippen molar-refractivity contribution in [1.29, 1.82) is 0 Å². The van der Waals surface area contributed by atoms with Crippen molar-refractivity contribution in [2.24, 2.45) is 7.05 Å². The second-order valence-corrected chi connectivity index (χ2v) is 5.09. The highest BCUT2D eigenvalue weighted by Crippen LogP contribution is 2.14. The third kappa shape index (κ3) is 2.61. The van der Waals surface area contributed by atoms with Crippen molar-refractivity contribution in [2.75, 3.05) is 5.32 Å². The molecule has 2 heterocycles.